The molecule has 2 N–H and O–H groups in total. The number of anilines is 1. The summed E-state index contributed by atoms with van der Waals surface area (Å²) in [6.07, 6.45) is 1.11. The zero-order valence-electron chi connectivity index (χ0n) is 15.1. The summed E-state index contributed by atoms with van der Waals surface area (Å²) in [4.78, 5) is 48.3. The molecule has 0 saturated carbocycles. The van der Waals surface area contributed by atoms with Gasteiger partial charge in [-0.2, -0.15) is 0 Å². The minimum absolute atomic E-state index is 0.130. The number of barbiturate groups is 1. The zero-order valence-corrected chi connectivity index (χ0v) is 15.1. The van der Waals surface area contributed by atoms with Crippen molar-refractivity contribution in [3.63, 3.8) is 0 Å². The highest BCUT2D eigenvalue weighted by molar-refractivity contribution is 6.39. The van der Waals surface area contributed by atoms with Crippen LogP contribution in [-0.4, -0.2) is 34.5 Å². The van der Waals surface area contributed by atoms with Crippen molar-refractivity contribution in [3.8, 4) is 11.5 Å². The summed E-state index contributed by atoms with van der Waals surface area (Å²) >= 11 is 0. The van der Waals surface area contributed by atoms with Crippen LogP contribution < -0.4 is 15.0 Å². The van der Waals surface area contributed by atoms with Gasteiger partial charge in [0.1, 0.15) is 11.3 Å². The zero-order chi connectivity index (χ0) is 21.1. The number of aromatic hydroxyl groups is 1. The number of rotatable bonds is 5. The summed E-state index contributed by atoms with van der Waals surface area (Å²) in [5, 5.41) is 22.6. The van der Waals surface area contributed by atoms with Gasteiger partial charge in [-0.25, -0.2) is 9.69 Å². The number of amides is 4. The highest BCUT2D eigenvalue weighted by Gasteiger charge is 2.37. The van der Waals surface area contributed by atoms with Crippen molar-refractivity contribution in [2.45, 2.75) is 6.92 Å². The van der Waals surface area contributed by atoms with Crippen LogP contribution in [0.4, 0.5) is 16.2 Å². The summed E-state index contributed by atoms with van der Waals surface area (Å²) < 4.78 is 5.36. The Labute approximate surface area is 164 Å². The number of hydrogen-bond acceptors (Lipinski definition) is 7. The fourth-order valence-electron chi connectivity index (χ4n) is 2.71. The van der Waals surface area contributed by atoms with Crippen LogP contribution in [0.5, 0.6) is 11.5 Å². The third kappa shape index (κ3) is 3.90. The molecule has 2 aromatic carbocycles. The SMILES string of the molecule is CCOc1cccc(N2C(=O)NC(=O)/C(=C\c3ccc(O)c([N+](=O)[O-])c3)C2=O)c1. The second-order valence-electron chi connectivity index (χ2n) is 5.89. The standard InChI is InChI=1S/C19H15N3O7/c1-2-29-13-5-3-4-12(10-13)21-18(25)14(17(24)20-19(21)26)8-11-6-7-16(23)15(9-11)22(27)28/h3-10,23H,2H2,1H3,(H,20,24,26)/b14-8+. The van der Waals surface area contributed by atoms with Gasteiger partial charge in [-0.05, 0) is 36.8 Å². The average Bonchev–Trinajstić information content (AvgIpc) is 2.66. The van der Waals surface area contributed by atoms with Crippen LogP contribution in [0, 0.1) is 10.1 Å². The molecule has 1 fully saturated rings. The maximum absolute atomic E-state index is 12.9. The number of nitro benzene ring substituents is 1. The van der Waals surface area contributed by atoms with E-state index >= 15 is 0 Å². The predicted molar refractivity (Wildman–Crippen MR) is 101 cm³/mol. The van der Waals surface area contributed by atoms with Crippen LogP contribution >= 0.6 is 0 Å². The molecule has 1 saturated heterocycles. The third-order valence-electron chi connectivity index (χ3n) is 4.00. The number of nitrogens with one attached hydrogen (secondary N) is 1. The molecule has 29 heavy (non-hydrogen) atoms. The highest BCUT2D eigenvalue weighted by atomic mass is 16.6. The van der Waals surface area contributed by atoms with Gasteiger partial charge < -0.3 is 9.84 Å². The van der Waals surface area contributed by atoms with Crippen molar-refractivity contribution >= 4 is 35.3 Å². The minimum Gasteiger partial charge on any atom is -0.502 e. The number of urea groups is 1. The number of phenols is 1. The molecule has 10 heteroatoms. The van der Waals surface area contributed by atoms with Gasteiger partial charge in [0, 0.05) is 12.1 Å². The molecule has 148 valence electrons. The molecule has 0 bridgehead atoms. The monoisotopic (exact) mass is 397 g/mol. The van der Waals surface area contributed by atoms with Gasteiger partial charge in [-0.1, -0.05) is 12.1 Å². The molecule has 0 spiro atoms. The quantitative estimate of drug-likeness (QED) is 0.342. The number of benzene rings is 2. The van der Waals surface area contributed by atoms with Gasteiger partial charge in [0.15, 0.2) is 5.75 Å². The van der Waals surface area contributed by atoms with E-state index < -0.39 is 39.8 Å². The molecular formula is C19H15N3O7. The van der Waals surface area contributed by atoms with Gasteiger partial charge in [-0.15, -0.1) is 0 Å². The molecule has 0 atom stereocenters. The lowest BCUT2D eigenvalue weighted by Gasteiger charge is -2.26. The Morgan fingerprint density at radius 3 is 2.66 bits per heavy atom. The second-order valence-corrected chi connectivity index (χ2v) is 5.89. The number of nitrogens with zero attached hydrogens (tertiary/aromatic N) is 2. The van der Waals surface area contributed by atoms with Crippen molar-refractivity contribution in [1.82, 2.24) is 5.32 Å². The Bertz CT molecular complexity index is 1060. The topological polar surface area (TPSA) is 139 Å². The first-order valence-electron chi connectivity index (χ1n) is 8.43. The number of ether oxygens (including phenoxy) is 1. The van der Waals surface area contributed by atoms with Crippen LogP contribution in [0.15, 0.2) is 48.0 Å². The van der Waals surface area contributed by atoms with Gasteiger partial charge in [-0.3, -0.25) is 25.0 Å². The first kappa shape index (κ1) is 19.5. The smallest absolute Gasteiger partial charge is 0.335 e. The van der Waals surface area contributed by atoms with Crippen LogP contribution in [-0.2, 0) is 9.59 Å². The molecule has 4 amide bonds. The number of imide groups is 2. The van der Waals surface area contributed by atoms with Gasteiger partial charge >= 0.3 is 11.7 Å². The van der Waals surface area contributed by atoms with E-state index in [1.54, 1.807) is 19.1 Å². The van der Waals surface area contributed by atoms with E-state index in [1.807, 2.05) is 0 Å². The molecule has 1 aliphatic rings. The summed E-state index contributed by atoms with van der Waals surface area (Å²) in [5.41, 5.74) is -0.661. The average molecular weight is 397 g/mol. The fraction of sp³-hybridized carbons (Fsp3) is 0.105. The molecule has 0 aromatic heterocycles. The Balaban J connectivity index is 2.01. The molecule has 0 radical (unpaired) electrons. The molecule has 0 aliphatic carbocycles. The van der Waals surface area contributed by atoms with E-state index in [2.05, 4.69) is 5.32 Å². The lowest BCUT2D eigenvalue weighted by Crippen LogP contribution is -2.54. The second kappa shape index (κ2) is 7.80. The lowest BCUT2D eigenvalue weighted by molar-refractivity contribution is -0.385. The fourth-order valence-corrected chi connectivity index (χ4v) is 2.71. The first-order valence-corrected chi connectivity index (χ1v) is 8.43. The van der Waals surface area contributed by atoms with E-state index in [4.69, 9.17) is 4.74 Å². The van der Waals surface area contributed by atoms with Crippen molar-refractivity contribution < 1.29 is 29.2 Å². The molecule has 10 nitrogen and oxygen atoms in total. The summed E-state index contributed by atoms with van der Waals surface area (Å²) in [6, 6.07) is 8.66. The lowest BCUT2D eigenvalue weighted by atomic mass is 10.1. The normalized spacial score (nSPS) is 15.4. The molecular weight excluding hydrogens is 382 g/mol. The molecule has 2 aromatic rings. The minimum atomic E-state index is -0.937. The summed E-state index contributed by atoms with van der Waals surface area (Å²) in [6.45, 7) is 2.16. The molecule has 1 aliphatic heterocycles. The number of hydrogen-bond donors (Lipinski definition) is 2. The summed E-state index contributed by atoms with van der Waals surface area (Å²) in [7, 11) is 0. The Kier molecular flexibility index (Phi) is 5.26. The number of carbonyl (C=O) groups excluding carboxylic acids is 3. The Morgan fingerprint density at radius 2 is 1.97 bits per heavy atom. The van der Waals surface area contributed by atoms with Gasteiger partial charge in [0.25, 0.3) is 11.8 Å². The van der Waals surface area contributed by atoms with E-state index in [0.717, 1.165) is 23.1 Å². The van der Waals surface area contributed by atoms with Crippen LogP contribution in [0.25, 0.3) is 6.08 Å². The Morgan fingerprint density at radius 1 is 1.21 bits per heavy atom. The maximum Gasteiger partial charge on any atom is 0.335 e. The van der Waals surface area contributed by atoms with E-state index in [9.17, 15) is 29.6 Å². The van der Waals surface area contributed by atoms with Crippen LogP contribution in [0.2, 0.25) is 0 Å². The van der Waals surface area contributed by atoms with E-state index in [1.165, 1.54) is 18.2 Å². The van der Waals surface area contributed by atoms with Gasteiger partial charge in [0.2, 0.25) is 0 Å². The van der Waals surface area contributed by atoms with Gasteiger partial charge in [0.05, 0.1) is 17.2 Å². The highest BCUT2D eigenvalue weighted by Crippen LogP contribution is 2.29. The number of phenolic OH excluding ortho intramolecular Hbond substituents is 1. The van der Waals surface area contributed by atoms with Crippen LogP contribution in [0.1, 0.15) is 12.5 Å². The maximum atomic E-state index is 12.9. The van der Waals surface area contributed by atoms with Crippen molar-refractivity contribution in [2.75, 3.05) is 11.5 Å². The first-order chi connectivity index (χ1) is 13.8. The summed E-state index contributed by atoms with van der Waals surface area (Å²) in [5.74, 6) is -1.96. The largest absolute Gasteiger partial charge is 0.502 e. The number of nitro groups is 1. The van der Waals surface area contributed by atoms with Crippen molar-refractivity contribution in [1.29, 1.82) is 0 Å². The molecule has 1 heterocycles. The van der Waals surface area contributed by atoms with Crippen LogP contribution in [0.3, 0.4) is 0 Å². The Hall–Kier alpha value is -4.21. The number of carbonyl (C=O) groups is 3. The van der Waals surface area contributed by atoms with E-state index in [-0.39, 0.29) is 11.3 Å². The van der Waals surface area contributed by atoms with E-state index in [0.29, 0.717) is 12.4 Å². The predicted octanol–water partition coefficient (Wildman–Crippen LogP) is 2.37. The molecule has 0 unspecified atom stereocenters. The third-order valence-corrected chi connectivity index (χ3v) is 4.00. The molecule has 3 rings (SSSR count). The van der Waals surface area contributed by atoms with Crippen molar-refractivity contribution in [2.24, 2.45) is 0 Å². The van der Waals surface area contributed by atoms with Crippen molar-refractivity contribution in [3.05, 3.63) is 63.7 Å².